The minimum atomic E-state index is -0.688. The first kappa shape index (κ1) is 13.1. The van der Waals surface area contributed by atoms with Crippen LogP contribution >= 0.6 is 0 Å². The van der Waals surface area contributed by atoms with Crippen LogP contribution in [0.3, 0.4) is 0 Å². The molecule has 0 radical (unpaired) electrons. The van der Waals surface area contributed by atoms with E-state index >= 15 is 0 Å². The average molecular weight is 270 g/mol. The quantitative estimate of drug-likeness (QED) is 0.930. The number of benzene rings is 1. The molecule has 1 aromatic heterocycles. The zero-order valence-electron chi connectivity index (χ0n) is 11.5. The van der Waals surface area contributed by atoms with E-state index in [0.29, 0.717) is 6.54 Å². The number of aliphatic carboxylic acids is 1. The van der Waals surface area contributed by atoms with E-state index in [9.17, 15) is 4.79 Å². The highest BCUT2D eigenvalue weighted by Gasteiger charge is 2.34. The molecular weight excluding hydrogens is 252 g/mol. The van der Waals surface area contributed by atoms with Gasteiger partial charge in [-0.2, -0.15) is 0 Å². The van der Waals surface area contributed by atoms with Gasteiger partial charge in [0.05, 0.1) is 17.1 Å². The maximum atomic E-state index is 11.1. The highest BCUT2D eigenvalue weighted by Crippen LogP contribution is 2.24. The molecule has 2 atom stereocenters. The van der Waals surface area contributed by atoms with Gasteiger partial charge in [-0.15, -0.1) is 0 Å². The van der Waals surface area contributed by atoms with Crippen molar-refractivity contribution in [2.45, 2.75) is 13.5 Å². The summed E-state index contributed by atoms with van der Waals surface area (Å²) in [6.45, 7) is 4.17. The number of carboxylic acids is 1. The Labute approximate surface area is 118 Å². The first-order valence-electron chi connectivity index (χ1n) is 6.93. The number of hydrogen-bond donors (Lipinski definition) is 1. The Morgan fingerprint density at radius 3 is 2.85 bits per heavy atom. The fraction of sp³-hybridized carbons (Fsp3) is 0.375. The Morgan fingerprint density at radius 2 is 2.10 bits per heavy atom. The van der Waals surface area contributed by atoms with Gasteiger partial charge in [-0.1, -0.05) is 31.2 Å². The van der Waals surface area contributed by atoms with Crippen molar-refractivity contribution in [3.05, 3.63) is 42.1 Å². The van der Waals surface area contributed by atoms with Gasteiger partial charge in [0.15, 0.2) is 0 Å². The van der Waals surface area contributed by atoms with Crippen LogP contribution in [-0.2, 0) is 11.3 Å². The summed E-state index contributed by atoms with van der Waals surface area (Å²) >= 11 is 0. The lowest BCUT2D eigenvalue weighted by Crippen LogP contribution is -2.23. The topological polar surface area (TPSA) is 53.4 Å². The Balaban J connectivity index is 1.75. The maximum Gasteiger partial charge on any atom is 0.308 e. The van der Waals surface area contributed by atoms with Gasteiger partial charge in [0.25, 0.3) is 0 Å². The molecule has 1 saturated heterocycles. The third kappa shape index (κ3) is 2.51. The van der Waals surface area contributed by atoms with Crippen molar-refractivity contribution in [3.8, 4) is 0 Å². The highest BCUT2D eigenvalue weighted by molar-refractivity contribution is 5.78. The van der Waals surface area contributed by atoms with E-state index in [0.717, 1.165) is 29.7 Å². The Bertz CT molecular complexity index is 641. The Kier molecular flexibility index (Phi) is 3.40. The molecule has 2 heterocycles. The summed E-state index contributed by atoms with van der Waals surface area (Å²) in [6, 6.07) is 12.1. The zero-order valence-corrected chi connectivity index (χ0v) is 11.5. The van der Waals surface area contributed by atoms with Crippen LogP contribution in [0.25, 0.3) is 10.9 Å². The largest absolute Gasteiger partial charge is 0.481 e. The summed E-state index contributed by atoms with van der Waals surface area (Å²) in [6.07, 6.45) is 0. The van der Waals surface area contributed by atoms with E-state index in [4.69, 9.17) is 5.11 Å². The molecule has 4 nitrogen and oxygen atoms in total. The Morgan fingerprint density at radius 1 is 1.30 bits per heavy atom. The van der Waals surface area contributed by atoms with Crippen molar-refractivity contribution in [2.75, 3.05) is 13.1 Å². The molecule has 1 aliphatic rings. The fourth-order valence-corrected chi connectivity index (χ4v) is 2.94. The van der Waals surface area contributed by atoms with Crippen molar-refractivity contribution >= 4 is 16.9 Å². The number of hydrogen-bond acceptors (Lipinski definition) is 3. The van der Waals surface area contributed by atoms with Crippen LogP contribution < -0.4 is 0 Å². The second-order valence-corrected chi connectivity index (χ2v) is 5.61. The zero-order chi connectivity index (χ0) is 14.1. The predicted molar refractivity (Wildman–Crippen MR) is 77.3 cm³/mol. The molecule has 104 valence electrons. The van der Waals surface area contributed by atoms with Gasteiger partial charge in [0.1, 0.15) is 0 Å². The van der Waals surface area contributed by atoms with Crippen molar-refractivity contribution in [1.82, 2.24) is 9.88 Å². The summed E-state index contributed by atoms with van der Waals surface area (Å²) in [4.78, 5) is 18.0. The van der Waals surface area contributed by atoms with E-state index in [1.165, 1.54) is 0 Å². The molecule has 2 aromatic rings. The summed E-state index contributed by atoms with van der Waals surface area (Å²) in [5, 5.41) is 10.3. The third-order valence-corrected chi connectivity index (χ3v) is 4.05. The molecule has 1 aromatic carbocycles. The minimum absolute atomic E-state index is 0.202. The number of rotatable bonds is 3. The molecule has 1 fully saturated rings. The SMILES string of the molecule is CC1CN(Cc2ccc3ccccc3n2)CC1C(=O)O. The number of carboxylic acid groups (broad SMARTS) is 1. The first-order chi connectivity index (χ1) is 9.63. The van der Waals surface area contributed by atoms with E-state index in [2.05, 4.69) is 16.0 Å². The molecule has 1 aliphatic heterocycles. The molecule has 1 N–H and O–H groups in total. The molecule has 0 spiro atoms. The van der Waals surface area contributed by atoms with Gasteiger partial charge in [0, 0.05) is 25.0 Å². The molecule has 20 heavy (non-hydrogen) atoms. The van der Waals surface area contributed by atoms with Crippen LogP contribution in [0.2, 0.25) is 0 Å². The summed E-state index contributed by atoms with van der Waals surface area (Å²) < 4.78 is 0. The van der Waals surface area contributed by atoms with Crippen LogP contribution in [-0.4, -0.2) is 34.0 Å². The van der Waals surface area contributed by atoms with Gasteiger partial charge < -0.3 is 5.11 Å². The van der Waals surface area contributed by atoms with Crippen molar-refractivity contribution in [1.29, 1.82) is 0 Å². The number of para-hydroxylation sites is 1. The van der Waals surface area contributed by atoms with Crippen LogP contribution in [0.5, 0.6) is 0 Å². The fourth-order valence-electron chi connectivity index (χ4n) is 2.94. The van der Waals surface area contributed by atoms with Gasteiger partial charge >= 0.3 is 5.97 Å². The number of fused-ring (bicyclic) bond motifs is 1. The number of pyridine rings is 1. The van der Waals surface area contributed by atoms with Gasteiger partial charge in [-0.3, -0.25) is 14.7 Å². The average Bonchev–Trinajstić information content (AvgIpc) is 2.79. The molecule has 2 unspecified atom stereocenters. The molecule has 0 aliphatic carbocycles. The van der Waals surface area contributed by atoms with E-state index in [1.807, 2.05) is 37.3 Å². The summed E-state index contributed by atoms with van der Waals surface area (Å²) in [7, 11) is 0. The number of likely N-dealkylation sites (tertiary alicyclic amines) is 1. The lowest BCUT2D eigenvalue weighted by molar-refractivity contribution is -0.142. The smallest absolute Gasteiger partial charge is 0.308 e. The van der Waals surface area contributed by atoms with Gasteiger partial charge in [-0.25, -0.2) is 0 Å². The lowest BCUT2D eigenvalue weighted by Gasteiger charge is -2.14. The minimum Gasteiger partial charge on any atom is -0.481 e. The molecule has 0 bridgehead atoms. The van der Waals surface area contributed by atoms with Crippen molar-refractivity contribution in [2.24, 2.45) is 11.8 Å². The van der Waals surface area contributed by atoms with Crippen LogP contribution in [0, 0.1) is 11.8 Å². The molecule has 0 amide bonds. The lowest BCUT2D eigenvalue weighted by atomic mass is 9.99. The molecule has 4 heteroatoms. The van der Waals surface area contributed by atoms with Gasteiger partial charge in [-0.05, 0) is 18.1 Å². The predicted octanol–water partition coefficient (Wildman–Crippen LogP) is 2.39. The second kappa shape index (κ2) is 5.21. The monoisotopic (exact) mass is 270 g/mol. The van der Waals surface area contributed by atoms with Crippen LogP contribution in [0.1, 0.15) is 12.6 Å². The van der Waals surface area contributed by atoms with Crippen LogP contribution in [0.15, 0.2) is 36.4 Å². The molecule has 0 saturated carbocycles. The molecule has 3 rings (SSSR count). The van der Waals surface area contributed by atoms with Crippen LogP contribution in [0.4, 0.5) is 0 Å². The number of aromatic nitrogens is 1. The number of carbonyl (C=O) groups is 1. The first-order valence-corrected chi connectivity index (χ1v) is 6.93. The normalized spacial score (nSPS) is 23.2. The van der Waals surface area contributed by atoms with E-state index < -0.39 is 5.97 Å². The summed E-state index contributed by atoms with van der Waals surface area (Å²) in [5.74, 6) is -0.741. The molecular formula is C16H18N2O2. The third-order valence-electron chi connectivity index (χ3n) is 4.05. The van der Waals surface area contributed by atoms with Crippen molar-refractivity contribution in [3.63, 3.8) is 0 Å². The maximum absolute atomic E-state index is 11.1. The van der Waals surface area contributed by atoms with Gasteiger partial charge in [0.2, 0.25) is 0 Å². The Hall–Kier alpha value is -1.94. The second-order valence-electron chi connectivity index (χ2n) is 5.61. The van der Waals surface area contributed by atoms with E-state index in [1.54, 1.807) is 0 Å². The number of nitrogens with zero attached hydrogens (tertiary/aromatic N) is 2. The highest BCUT2D eigenvalue weighted by atomic mass is 16.4. The standard InChI is InChI=1S/C16H18N2O2/c1-11-8-18(10-14(11)16(19)20)9-13-7-6-12-4-2-3-5-15(12)17-13/h2-7,11,14H,8-10H2,1H3,(H,19,20). The van der Waals surface area contributed by atoms with Crippen molar-refractivity contribution < 1.29 is 9.90 Å². The van der Waals surface area contributed by atoms with E-state index in [-0.39, 0.29) is 11.8 Å². The summed E-state index contributed by atoms with van der Waals surface area (Å²) in [5.41, 5.74) is 1.99.